The van der Waals surface area contributed by atoms with E-state index in [4.69, 9.17) is 0 Å². The van der Waals surface area contributed by atoms with Crippen molar-refractivity contribution in [2.24, 2.45) is 0 Å². The molecule has 0 unspecified atom stereocenters. The van der Waals surface area contributed by atoms with Gasteiger partial charge in [-0.25, -0.2) is 4.79 Å². The number of rotatable bonds is 4. The summed E-state index contributed by atoms with van der Waals surface area (Å²) < 4.78 is 4.57. The van der Waals surface area contributed by atoms with Crippen LogP contribution in [0.15, 0.2) is 24.8 Å². The Bertz CT molecular complexity index is 399. The van der Waals surface area contributed by atoms with E-state index in [0.717, 1.165) is 0 Å². The van der Waals surface area contributed by atoms with Gasteiger partial charge in [0.25, 0.3) is 0 Å². The minimum absolute atomic E-state index is 0.420. The van der Waals surface area contributed by atoms with E-state index in [1.807, 2.05) is 0 Å². The molecular formula is C11H11NO3. The molecule has 0 saturated heterocycles. The van der Waals surface area contributed by atoms with Crippen LogP contribution >= 0.6 is 0 Å². The quantitative estimate of drug-likeness (QED) is 0.601. The van der Waals surface area contributed by atoms with E-state index in [0.29, 0.717) is 23.2 Å². The first kappa shape index (κ1) is 11.0. The van der Waals surface area contributed by atoms with Crippen LogP contribution in [0.1, 0.15) is 15.9 Å². The van der Waals surface area contributed by atoms with Crippen molar-refractivity contribution in [2.45, 2.75) is 0 Å². The normalized spacial score (nSPS) is 9.13. The van der Waals surface area contributed by atoms with Gasteiger partial charge in [-0.05, 0) is 23.8 Å². The minimum Gasteiger partial charge on any atom is -0.465 e. The maximum Gasteiger partial charge on any atom is 0.337 e. The molecule has 78 valence electrons. The Balaban J connectivity index is 3.12. The minimum atomic E-state index is -0.421. The summed E-state index contributed by atoms with van der Waals surface area (Å²) >= 11 is 0. The third kappa shape index (κ3) is 2.43. The molecule has 0 heterocycles. The number of amides is 1. The van der Waals surface area contributed by atoms with Crippen molar-refractivity contribution in [1.29, 1.82) is 0 Å². The fraction of sp³-hybridized carbons (Fsp3) is 0.0909. The van der Waals surface area contributed by atoms with Gasteiger partial charge in [0.15, 0.2) is 0 Å². The highest BCUT2D eigenvalue weighted by Crippen LogP contribution is 2.18. The number of nitrogens with one attached hydrogen (secondary N) is 1. The molecule has 0 bridgehead atoms. The summed E-state index contributed by atoms with van der Waals surface area (Å²) in [6.07, 6.45) is 2.12. The van der Waals surface area contributed by atoms with Gasteiger partial charge in [0.2, 0.25) is 6.41 Å². The molecule has 0 aliphatic heterocycles. The van der Waals surface area contributed by atoms with Gasteiger partial charge in [0.05, 0.1) is 12.7 Å². The average Bonchev–Trinajstić information content (AvgIpc) is 2.29. The molecule has 0 aromatic heterocycles. The van der Waals surface area contributed by atoms with Crippen molar-refractivity contribution in [1.82, 2.24) is 0 Å². The molecule has 1 N–H and O–H groups in total. The lowest BCUT2D eigenvalue weighted by molar-refractivity contribution is -0.105. The van der Waals surface area contributed by atoms with E-state index in [1.54, 1.807) is 24.3 Å². The average molecular weight is 205 g/mol. The van der Waals surface area contributed by atoms with E-state index in [-0.39, 0.29) is 0 Å². The number of methoxy groups -OCH3 is 1. The molecule has 1 aromatic rings. The van der Waals surface area contributed by atoms with Gasteiger partial charge < -0.3 is 10.1 Å². The molecular weight excluding hydrogens is 194 g/mol. The lowest BCUT2D eigenvalue weighted by atomic mass is 10.1. The Morgan fingerprint density at radius 3 is 2.80 bits per heavy atom. The zero-order valence-corrected chi connectivity index (χ0v) is 8.32. The van der Waals surface area contributed by atoms with E-state index >= 15 is 0 Å². The first-order valence-corrected chi connectivity index (χ1v) is 4.28. The highest BCUT2D eigenvalue weighted by Gasteiger charge is 2.07. The lowest BCUT2D eigenvalue weighted by Gasteiger charge is -2.06. The Labute approximate surface area is 87.6 Å². The van der Waals surface area contributed by atoms with Crippen LogP contribution in [-0.4, -0.2) is 19.5 Å². The highest BCUT2D eigenvalue weighted by molar-refractivity contribution is 5.92. The van der Waals surface area contributed by atoms with Crippen molar-refractivity contribution in [2.75, 3.05) is 12.4 Å². The molecule has 0 aliphatic carbocycles. The number of ether oxygens (including phenoxy) is 1. The van der Waals surface area contributed by atoms with Crippen molar-refractivity contribution in [3.05, 3.63) is 35.9 Å². The fourth-order valence-corrected chi connectivity index (χ4v) is 1.17. The predicted molar refractivity (Wildman–Crippen MR) is 57.6 cm³/mol. The van der Waals surface area contributed by atoms with E-state index in [9.17, 15) is 9.59 Å². The van der Waals surface area contributed by atoms with Crippen molar-refractivity contribution in [3.8, 4) is 0 Å². The second-order valence-corrected chi connectivity index (χ2v) is 2.76. The van der Waals surface area contributed by atoms with Crippen molar-refractivity contribution < 1.29 is 14.3 Å². The zero-order valence-electron chi connectivity index (χ0n) is 8.32. The molecule has 15 heavy (non-hydrogen) atoms. The van der Waals surface area contributed by atoms with Gasteiger partial charge in [-0.15, -0.1) is 0 Å². The number of carbonyl (C=O) groups excluding carboxylic acids is 2. The standard InChI is InChI=1S/C11H11NO3/c1-3-8-6-9(11(14)15-2)4-5-10(8)12-7-13/h3-7H,1H2,2H3,(H,12,13). The molecule has 0 saturated carbocycles. The summed E-state index contributed by atoms with van der Waals surface area (Å²) in [5.41, 5.74) is 1.70. The first-order chi connectivity index (χ1) is 7.22. The molecule has 4 heteroatoms. The summed E-state index contributed by atoms with van der Waals surface area (Å²) in [6.45, 7) is 3.59. The second kappa shape index (κ2) is 4.95. The SMILES string of the molecule is C=Cc1cc(C(=O)OC)ccc1NC=O. The fourth-order valence-electron chi connectivity index (χ4n) is 1.17. The third-order valence-electron chi connectivity index (χ3n) is 1.91. The Hall–Kier alpha value is -2.10. The number of hydrogen-bond acceptors (Lipinski definition) is 3. The van der Waals surface area contributed by atoms with Crippen LogP contribution in [0.3, 0.4) is 0 Å². The second-order valence-electron chi connectivity index (χ2n) is 2.76. The van der Waals surface area contributed by atoms with Crippen LogP contribution in [0, 0.1) is 0 Å². The van der Waals surface area contributed by atoms with Crippen molar-refractivity contribution in [3.63, 3.8) is 0 Å². The largest absolute Gasteiger partial charge is 0.465 e. The summed E-state index contributed by atoms with van der Waals surface area (Å²) in [7, 11) is 1.31. The number of hydrogen-bond donors (Lipinski definition) is 1. The smallest absolute Gasteiger partial charge is 0.337 e. The molecule has 0 atom stereocenters. The van der Waals surface area contributed by atoms with Gasteiger partial charge in [-0.3, -0.25) is 4.79 Å². The predicted octanol–water partition coefficient (Wildman–Crippen LogP) is 1.68. The summed E-state index contributed by atoms with van der Waals surface area (Å²) in [6, 6.07) is 4.80. The summed E-state index contributed by atoms with van der Waals surface area (Å²) in [5.74, 6) is -0.421. The molecule has 1 amide bonds. The van der Waals surface area contributed by atoms with Gasteiger partial charge in [-0.2, -0.15) is 0 Å². The van der Waals surface area contributed by atoms with Crippen LogP contribution in [0.4, 0.5) is 5.69 Å². The first-order valence-electron chi connectivity index (χ1n) is 4.28. The topological polar surface area (TPSA) is 55.4 Å². The number of benzene rings is 1. The van der Waals surface area contributed by atoms with Crippen LogP contribution in [0.5, 0.6) is 0 Å². The number of esters is 1. The van der Waals surface area contributed by atoms with Crippen LogP contribution in [0.25, 0.3) is 6.08 Å². The van der Waals surface area contributed by atoms with E-state index in [1.165, 1.54) is 7.11 Å². The van der Waals surface area contributed by atoms with E-state index in [2.05, 4.69) is 16.6 Å². The maximum absolute atomic E-state index is 11.2. The molecule has 1 rings (SSSR count). The molecule has 0 spiro atoms. The number of anilines is 1. The summed E-state index contributed by atoms with van der Waals surface area (Å²) in [5, 5.41) is 2.51. The monoisotopic (exact) mass is 205 g/mol. The van der Waals surface area contributed by atoms with Gasteiger partial charge in [0.1, 0.15) is 0 Å². The molecule has 0 fully saturated rings. The molecule has 1 aromatic carbocycles. The van der Waals surface area contributed by atoms with Gasteiger partial charge in [-0.1, -0.05) is 12.7 Å². The van der Waals surface area contributed by atoms with Gasteiger partial charge >= 0.3 is 5.97 Å². The molecule has 0 aliphatic rings. The molecule has 0 radical (unpaired) electrons. The Morgan fingerprint density at radius 1 is 1.53 bits per heavy atom. The zero-order chi connectivity index (χ0) is 11.3. The third-order valence-corrected chi connectivity index (χ3v) is 1.91. The van der Waals surface area contributed by atoms with Crippen LogP contribution in [0.2, 0.25) is 0 Å². The Kier molecular flexibility index (Phi) is 3.62. The highest BCUT2D eigenvalue weighted by atomic mass is 16.5. The summed E-state index contributed by atoms with van der Waals surface area (Å²) in [4.78, 5) is 21.5. The number of carbonyl (C=O) groups is 2. The van der Waals surface area contributed by atoms with E-state index < -0.39 is 5.97 Å². The van der Waals surface area contributed by atoms with Crippen LogP contribution in [-0.2, 0) is 9.53 Å². The van der Waals surface area contributed by atoms with Crippen molar-refractivity contribution >= 4 is 24.1 Å². The molecule has 4 nitrogen and oxygen atoms in total. The maximum atomic E-state index is 11.2. The Morgan fingerprint density at radius 2 is 2.27 bits per heavy atom. The van der Waals surface area contributed by atoms with Gasteiger partial charge in [0, 0.05) is 5.69 Å². The lowest BCUT2D eigenvalue weighted by Crippen LogP contribution is -2.03. The van der Waals surface area contributed by atoms with Crippen LogP contribution < -0.4 is 5.32 Å².